The van der Waals surface area contributed by atoms with Crippen molar-refractivity contribution in [2.45, 2.75) is 26.7 Å². The van der Waals surface area contributed by atoms with E-state index in [1.807, 2.05) is 32.0 Å². The lowest BCUT2D eigenvalue weighted by molar-refractivity contribution is -0.385. The number of aryl methyl sites for hydroxylation is 1. The molecule has 0 aliphatic rings. The quantitative estimate of drug-likeness (QED) is 0.482. The van der Waals surface area contributed by atoms with Gasteiger partial charge in [-0.3, -0.25) is 14.9 Å². The molecule has 0 aliphatic carbocycles. The zero-order valence-corrected chi connectivity index (χ0v) is 14.8. The fraction of sp³-hybridized carbons (Fsp3) is 0.263. The van der Waals surface area contributed by atoms with Crippen molar-refractivity contribution in [2.75, 3.05) is 11.9 Å². The minimum Gasteiger partial charge on any atom is -0.452 e. The number of nitro benzene ring substituents is 1. The molecule has 26 heavy (non-hydrogen) atoms. The molecule has 7 heteroatoms. The van der Waals surface area contributed by atoms with Crippen molar-refractivity contribution in [3.05, 3.63) is 69.3 Å². The van der Waals surface area contributed by atoms with Gasteiger partial charge in [0.25, 0.3) is 11.6 Å². The lowest BCUT2D eigenvalue weighted by Gasteiger charge is -2.10. The molecule has 0 saturated heterocycles. The van der Waals surface area contributed by atoms with Crippen molar-refractivity contribution in [3.63, 3.8) is 0 Å². The van der Waals surface area contributed by atoms with E-state index in [1.165, 1.54) is 25.1 Å². The molecule has 2 aromatic carbocycles. The SMILES string of the molecule is Cc1cccc(C(=O)OCC(=O)Nc2cccc(C(C)C)c2)c1[N+](=O)[O-]. The summed E-state index contributed by atoms with van der Waals surface area (Å²) in [6.45, 7) is 5.08. The van der Waals surface area contributed by atoms with E-state index in [2.05, 4.69) is 5.32 Å². The highest BCUT2D eigenvalue weighted by molar-refractivity contribution is 5.97. The zero-order chi connectivity index (χ0) is 19.3. The van der Waals surface area contributed by atoms with Crippen LogP contribution < -0.4 is 5.32 Å². The van der Waals surface area contributed by atoms with Crippen LogP contribution in [-0.4, -0.2) is 23.4 Å². The Morgan fingerprint density at radius 3 is 2.54 bits per heavy atom. The lowest BCUT2D eigenvalue weighted by Crippen LogP contribution is -2.21. The van der Waals surface area contributed by atoms with E-state index in [4.69, 9.17) is 4.74 Å². The number of amides is 1. The summed E-state index contributed by atoms with van der Waals surface area (Å²) >= 11 is 0. The number of nitro groups is 1. The highest BCUT2D eigenvalue weighted by Gasteiger charge is 2.24. The van der Waals surface area contributed by atoms with Crippen molar-refractivity contribution in [1.82, 2.24) is 0 Å². The smallest absolute Gasteiger partial charge is 0.345 e. The van der Waals surface area contributed by atoms with E-state index >= 15 is 0 Å². The van der Waals surface area contributed by atoms with Crippen molar-refractivity contribution in [3.8, 4) is 0 Å². The van der Waals surface area contributed by atoms with Crippen LogP contribution in [0.1, 0.15) is 41.3 Å². The van der Waals surface area contributed by atoms with E-state index in [1.54, 1.807) is 6.07 Å². The van der Waals surface area contributed by atoms with Crippen molar-refractivity contribution >= 4 is 23.3 Å². The summed E-state index contributed by atoms with van der Waals surface area (Å²) in [7, 11) is 0. The predicted molar refractivity (Wildman–Crippen MR) is 97.3 cm³/mol. The molecule has 0 bridgehead atoms. The number of hydrogen-bond donors (Lipinski definition) is 1. The predicted octanol–water partition coefficient (Wildman–Crippen LogP) is 3.82. The number of rotatable bonds is 6. The van der Waals surface area contributed by atoms with Gasteiger partial charge in [-0.1, -0.05) is 38.1 Å². The Balaban J connectivity index is 2.02. The van der Waals surface area contributed by atoms with E-state index < -0.39 is 23.4 Å². The molecule has 0 saturated carbocycles. The molecule has 0 aromatic heterocycles. The van der Waals surface area contributed by atoms with E-state index in [0.717, 1.165) is 5.56 Å². The minimum absolute atomic E-state index is 0.176. The summed E-state index contributed by atoms with van der Waals surface area (Å²) in [5.74, 6) is -1.12. The van der Waals surface area contributed by atoms with Crippen LogP contribution in [-0.2, 0) is 9.53 Å². The maximum atomic E-state index is 12.1. The van der Waals surface area contributed by atoms with Gasteiger partial charge < -0.3 is 10.1 Å². The van der Waals surface area contributed by atoms with Gasteiger partial charge in [-0.25, -0.2) is 4.79 Å². The Bertz CT molecular complexity index is 846. The van der Waals surface area contributed by atoms with Gasteiger partial charge in [0.1, 0.15) is 5.56 Å². The number of carbonyl (C=O) groups excluding carboxylic acids is 2. The van der Waals surface area contributed by atoms with E-state index in [0.29, 0.717) is 17.2 Å². The Hall–Kier alpha value is -3.22. The molecule has 1 amide bonds. The van der Waals surface area contributed by atoms with Gasteiger partial charge in [-0.05, 0) is 36.6 Å². The summed E-state index contributed by atoms with van der Waals surface area (Å²) < 4.78 is 4.93. The number of hydrogen-bond acceptors (Lipinski definition) is 5. The minimum atomic E-state index is -0.911. The average molecular weight is 356 g/mol. The molecule has 0 heterocycles. The number of benzene rings is 2. The summed E-state index contributed by atoms with van der Waals surface area (Å²) in [6, 6.07) is 11.7. The van der Waals surface area contributed by atoms with Crippen LogP contribution in [0.2, 0.25) is 0 Å². The Kier molecular flexibility index (Phi) is 6.06. The lowest BCUT2D eigenvalue weighted by atomic mass is 10.0. The van der Waals surface area contributed by atoms with Crippen molar-refractivity contribution in [1.29, 1.82) is 0 Å². The normalized spacial score (nSPS) is 10.5. The summed E-state index contributed by atoms with van der Waals surface area (Å²) in [4.78, 5) is 34.6. The Morgan fingerprint density at radius 2 is 1.88 bits per heavy atom. The van der Waals surface area contributed by atoms with Gasteiger partial charge in [0, 0.05) is 11.3 Å². The molecule has 7 nitrogen and oxygen atoms in total. The number of para-hydroxylation sites is 1. The van der Waals surface area contributed by atoms with E-state index in [9.17, 15) is 19.7 Å². The third kappa shape index (κ3) is 4.66. The monoisotopic (exact) mass is 356 g/mol. The molecule has 0 radical (unpaired) electrons. The summed E-state index contributed by atoms with van der Waals surface area (Å²) in [5, 5.41) is 13.8. The first-order valence-electron chi connectivity index (χ1n) is 8.10. The van der Waals surface area contributed by atoms with Crippen LogP contribution in [0.3, 0.4) is 0 Å². The molecule has 0 fully saturated rings. The average Bonchev–Trinajstić information content (AvgIpc) is 2.59. The zero-order valence-electron chi connectivity index (χ0n) is 14.8. The van der Waals surface area contributed by atoms with Gasteiger partial charge in [-0.15, -0.1) is 0 Å². The third-order valence-electron chi connectivity index (χ3n) is 3.81. The van der Waals surface area contributed by atoms with Crippen molar-refractivity contribution < 1.29 is 19.2 Å². The van der Waals surface area contributed by atoms with Gasteiger partial charge in [-0.2, -0.15) is 0 Å². The molecule has 2 rings (SSSR count). The molecule has 0 unspecified atom stereocenters. The Morgan fingerprint density at radius 1 is 1.19 bits per heavy atom. The molecule has 0 aliphatic heterocycles. The first-order chi connectivity index (χ1) is 12.3. The molecule has 0 atom stereocenters. The number of carbonyl (C=O) groups is 2. The van der Waals surface area contributed by atoms with Gasteiger partial charge in [0.2, 0.25) is 0 Å². The highest BCUT2D eigenvalue weighted by Crippen LogP contribution is 2.23. The third-order valence-corrected chi connectivity index (χ3v) is 3.81. The molecule has 136 valence electrons. The molecular weight excluding hydrogens is 336 g/mol. The van der Waals surface area contributed by atoms with Crippen LogP contribution in [0.5, 0.6) is 0 Å². The van der Waals surface area contributed by atoms with Crippen LogP contribution in [0.25, 0.3) is 0 Å². The highest BCUT2D eigenvalue weighted by atomic mass is 16.6. The fourth-order valence-electron chi connectivity index (χ4n) is 2.45. The maximum Gasteiger partial charge on any atom is 0.345 e. The first-order valence-corrected chi connectivity index (χ1v) is 8.10. The number of nitrogens with one attached hydrogen (secondary N) is 1. The second-order valence-corrected chi connectivity index (χ2v) is 6.13. The summed E-state index contributed by atoms with van der Waals surface area (Å²) in [6.07, 6.45) is 0. The standard InChI is InChI=1S/C19H20N2O5/c1-12(2)14-7-5-8-15(10-14)20-17(22)11-26-19(23)16-9-4-6-13(3)18(16)21(24)25/h4-10,12H,11H2,1-3H3,(H,20,22). The van der Waals surface area contributed by atoms with Gasteiger partial charge >= 0.3 is 5.97 Å². The molecule has 2 aromatic rings. The van der Waals surface area contributed by atoms with E-state index in [-0.39, 0.29) is 11.3 Å². The molecular formula is C19H20N2O5. The molecule has 0 spiro atoms. The van der Waals surface area contributed by atoms with Crippen LogP contribution in [0.4, 0.5) is 11.4 Å². The number of esters is 1. The maximum absolute atomic E-state index is 12.1. The van der Waals surface area contributed by atoms with Gasteiger partial charge in [0.15, 0.2) is 6.61 Å². The second kappa shape index (κ2) is 8.24. The summed E-state index contributed by atoms with van der Waals surface area (Å²) in [5.41, 5.74) is 1.51. The topological polar surface area (TPSA) is 98.5 Å². The largest absolute Gasteiger partial charge is 0.452 e. The Labute approximate surface area is 151 Å². The van der Waals surface area contributed by atoms with Crippen molar-refractivity contribution in [2.24, 2.45) is 0 Å². The number of nitrogens with zero attached hydrogens (tertiary/aromatic N) is 1. The first kappa shape index (κ1) is 19.1. The molecule has 1 N–H and O–H groups in total. The number of anilines is 1. The van der Waals surface area contributed by atoms with Crippen LogP contribution >= 0.6 is 0 Å². The fourth-order valence-corrected chi connectivity index (χ4v) is 2.45. The second-order valence-electron chi connectivity index (χ2n) is 6.13. The van der Waals surface area contributed by atoms with Crippen LogP contribution in [0.15, 0.2) is 42.5 Å². The van der Waals surface area contributed by atoms with Crippen LogP contribution in [0, 0.1) is 17.0 Å². The number of ether oxygens (including phenoxy) is 1. The van der Waals surface area contributed by atoms with Gasteiger partial charge in [0.05, 0.1) is 4.92 Å².